The van der Waals surface area contributed by atoms with Gasteiger partial charge in [0.1, 0.15) is 0 Å². The van der Waals surface area contributed by atoms with Crippen LogP contribution in [0.3, 0.4) is 0 Å². The van der Waals surface area contributed by atoms with E-state index in [0.29, 0.717) is 0 Å². The van der Waals surface area contributed by atoms with E-state index < -0.39 is 0 Å². The highest BCUT2D eigenvalue weighted by molar-refractivity contribution is 5.29. The van der Waals surface area contributed by atoms with Crippen LogP contribution in [-0.4, -0.2) is 0 Å². The van der Waals surface area contributed by atoms with E-state index in [2.05, 4.69) is 25.7 Å². The molecule has 0 amide bonds. The third-order valence-corrected chi connectivity index (χ3v) is 4.35. The maximum Gasteiger partial charge on any atom is -0.0105 e. The van der Waals surface area contributed by atoms with Crippen molar-refractivity contribution in [3.63, 3.8) is 0 Å². The van der Waals surface area contributed by atoms with Crippen molar-refractivity contribution in [1.82, 2.24) is 0 Å². The number of allylic oxidation sites excluding steroid dienone is 3. The Hall–Kier alpha value is -0.520. The molecule has 0 aromatic heterocycles. The number of hydrogen-bond donors (Lipinski definition) is 0. The lowest BCUT2D eigenvalue weighted by Crippen LogP contribution is -2.12. The van der Waals surface area contributed by atoms with E-state index in [4.69, 9.17) is 0 Å². The minimum atomic E-state index is 0.754. The summed E-state index contributed by atoms with van der Waals surface area (Å²) in [4.78, 5) is 0. The van der Waals surface area contributed by atoms with E-state index in [1.54, 1.807) is 0 Å². The SMILES string of the molecule is C=C(C)C1CC2C=CC1C21CC1. The molecule has 0 heterocycles. The van der Waals surface area contributed by atoms with Crippen LogP contribution in [0.5, 0.6) is 0 Å². The quantitative estimate of drug-likeness (QED) is 0.517. The third-order valence-electron chi connectivity index (χ3n) is 4.35. The summed E-state index contributed by atoms with van der Waals surface area (Å²) >= 11 is 0. The molecule has 0 N–H and O–H groups in total. The van der Waals surface area contributed by atoms with Gasteiger partial charge in [0.05, 0.1) is 0 Å². The molecule has 2 fully saturated rings. The van der Waals surface area contributed by atoms with Crippen molar-refractivity contribution in [2.45, 2.75) is 26.2 Å². The second kappa shape index (κ2) is 1.86. The predicted octanol–water partition coefficient (Wildman–Crippen LogP) is 3.16. The first-order valence-electron chi connectivity index (χ1n) is 5.08. The van der Waals surface area contributed by atoms with Gasteiger partial charge in [-0.3, -0.25) is 0 Å². The molecule has 0 aromatic rings. The Labute approximate surface area is 74.4 Å². The van der Waals surface area contributed by atoms with Crippen molar-refractivity contribution in [2.75, 3.05) is 0 Å². The van der Waals surface area contributed by atoms with Gasteiger partial charge in [-0.15, -0.1) is 0 Å². The Kier molecular flexibility index (Phi) is 1.08. The van der Waals surface area contributed by atoms with E-state index in [1.165, 1.54) is 24.8 Å². The van der Waals surface area contributed by atoms with Gasteiger partial charge in [-0.2, -0.15) is 0 Å². The fraction of sp³-hybridized carbons (Fsp3) is 0.667. The average molecular weight is 160 g/mol. The molecular weight excluding hydrogens is 144 g/mol. The van der Waals surface area contributed by atoms with Crippen LogP contribution < -0.4 is 0 Å². The van der Waals surface area contributed by atoms with E-state index in [9.17, 15) is 0 Å². The Balaban J connectivity index is 1.97. The highest BCUT2D eigenvalue weighted by Gasteiger charge is 2.62. The smallest absolute Gasteiger partial charge is 0.0105 e. The summed E-state index contributed by atoms with van der Waals surface area (Å²) in [6.45, 7) is 6.32. The molecular formula is C12H16. The zero-order valence-corrected chi connectivity index (χ0v) is 7.72. The highest BCUT2D eigenvalue weighted by Crippen LogP contribution is 2.70. The predicted molar refractivity (Wildman–Crippen MR) is 50.7 cm³/mol. The summed E-state index contributed by atoms with van der Waals surface area (Å²) < 4.78 is 0. The standard InChI is InChI=1S/C12H16/c1-8(2)10-7-9-3-4-11(10)12(9)5-6-12/h3-4,9-11H,1,5-7H2,2H3. The van der Waals surface area contributed by atoms with Gasteiger partial charge in [-0.1, -0.05) is 24.3 Å². The molecule has 3 atom stereocenters. The first-order valence-corrected chi connectivity index (χ1v) is 5.08. The van der Waals surface area contributed by atoms with Gasteiger partial charge < -0.3 is 0 Å². The van der Waals surface area contributed by atoms with Gasteiger partial charge in [0, 0.05) is 0 Å². The zero-order valence-electron chi connectivity index (χ0n) is 7.72. The normalized spacial score (nSPS) is 45.6. The minimum Gasteiger partial charge on any atom is -0.0998 e. The van der Waals surface area contributed by atoms with Crippen LogP contribution in [0.25, 0.3) is 0 Å². The van der Waals surface area contributed by atoms with Crippen LogP contribution >= 0.6 is 0 Å². The van der Waals surface area contributed by atoms with E-state index in [-0.39, 0.29) is 0 Å². The molecule has 12 heavy (non-hydrogen) atoms. The van der Waals surface area contributed by atoms with Crippen molar-refractivity contribution in [2.24, 2.45) is 23.2 Å². The fourth-order valence-corrected chi connectivity index (χ4v) is 3.51. The van der Waals surface area contributed by atoms with Gasteiger partial charge in [-0.05, 0) is 49.4 Å². The van der Waals surface area contributed by atoms with Gasteiger partial charge in [0.25, 0.3) is 0 Å². The molecule has 0 saturated heterocycles. The van der Waals surface area contributed by atoms with Crippen molar-refractivity contribution in [1.29, 1.82) is 0 Å². The first kappa shape index (κ1) is 6.94. The maximum absolute atomic E-state index is 4.12. The van der Waals surface area contributed by atoms with E-state index in [0.717, 1.165) is 23.2 Å². The summed E-state index contributed by atoms with van der Waals surface area (Å²) in [5, 5.41) is 0. The maximum atomic E-state index is 4.12. The summed E-state index contributed by atoms with van der Waals surface area (Å²) in [6, 6.07) is 0. The molecule has 3 aliphatic rings. The lowest BCUT2D eigenvalue weighted by Gasteiger charge is -2.19. The molecule has 0 heteroatoms. The number of rotatable bonds is 1. The highest BCUT2D eigenvalue weighted by atomic mass is 14.7. The molecule has 3 unspecified atom stereocenters. The second-order valence-electron chi connectivity index (χ2n) is 4.94. The molecule has 2 bridgehead atoms. The Morgan fingerprint density at radius 2 is 2.17 bits per heavy atom. The van der Waals surface area contributed by atoms with E-state index >= 15 is 0 Å². The van der Waals surface area contributed by atoms with Crippen molar-refractivity contribution in [3.8, 4) is 0 Å². The molecule has 0 nitrogen and oxygen atoms in total. The third kappa shape index (κ3) is 0.608. The summed E-state index contributed by atoms with van der Waals surface area (Å²) in [5.41, 5.74) is 2.17. The summed E-state index contributed by atoms with van der Waals surface area (Å²) in [7, 11) is 0. The fourth-order valence-electron chi connectivity index (χ4n) is 3.51. The molecule has 64 valence electrons. The molecule has 2 saturated carbocycles. The monoisotopic (exact) mass is 160 g/mol. The van der Waals surface area contributed by atoms with Gasteiger partial charge in [0.2, 0.25) is 0 Å². The lowest BCUT2D eigenvalue weighted by atomic mass is 9.85. The van der Waals surface area contributed by atoms with Crippen LogP contribution in [0.4, 0.5) is 0 Å². The topological polar surface area (TPSA) is 0 Å². The summed E-state index contributed by atoms with van der Waals surface area (Å²) in [6.07, 6.45) is 9.31. The largest absolute Gasteiger partial charge is 0.0998 e. The van der Waals surface area contributed by atoms with Crippen molar-refractivity contribution >= 4 is 0 Å². The average Bonchev–Trinajstić information content (AvgIpc) is 2.69. The minimum absolute atomic E-state index is 0.754. The molecule has 0 aliphatic heterocycles. The Bertz CT molecular complexity index is 268. The first-order chi connectivity index (χ1) is 5.74. The molecule has 3 aliphatic carbocycles. The second-order valence-corrected chi connectivity index (χ2v) is 4.94. The Morgan fingerprint density at radius 1 is 1.42 bits per heavy atom. The van der Waals surface area contributed by atoms with Crippen LogP contribution in [-0.2, 0) is 0 Å². The summed E-state index contributed by atoms with van der Waals surface area (Å²) in [5.74, 6) is 2.62. The van der Waals surface area contributed by atoms with E-state index in [1.807, 2.05) is 0 Å². The van der Waals surface area contributed by atoms with Crippen LogP contribution in [0.15, 0.2) is 24.3 Å². The molecule has 0 aromatic carbocycles. The lowest BCUT2D eigenvalue weighted by molar-refractivity contribution is 0.383. The van der Waals surface area contributed by atoms with Crippen LogP contribution in [0.1, 0.15) is 26.2 Å². The molecule has 1 spiro atoms. The number of hydrogen-bond acceptors (Lipinski definition) is 0. The van der Waals surface area contributed by atoms with Gasteiger partial charge in [0.15, 0.2) is 0 Å². The van der Waals surface area contributed by atoms with Crippen molar-refractivity contribution in [3.05, 3.63) is 24.3 Å². The molecule has 0 radical (unpaired) electrons. The van der Waals surface area contributed by atoms with Crippen LogP contribution in [0.2, 0.25) is 0 Å². The van der Waals surface area contributed by atoms with Gasteiger partial charge >= 0.3 is 0 Å². The molecule has 3 rings (SSSR count). The van der Waals surface area contributed by atoms with Crippen molar-refractivity contribution < 1.29 is 0 Å². The van der Waals surface area contributed by atoms with Gasteiger partial charge in [-0.25, -0.2) is 0 Å². The zero-order chi connectivity index (χ0) is 8.34. The Morgan fingerprint density at radius 3 is 2.58 bits per heavy atom. The van der Waals surface area contributed by atoms with Crippen LogP contribution in [0, 0.1) is 23.2 Å².